The molecule has 0 saturated carbocycles. The summed E-state index contributed by atoms with van der Waals surface area (Å²) in [5.74, 6) is 1.68. The predicted octanol–water partition coefficient (Wildman–Crippen LogP) is 15.9. The van der Waals surface area contributed by atoms with Crippen LogP contribution in [0.1, 0.15) is 272 Å². The van der Waals surface area contributed by atoms with Gasteiger partial charge in [0.1, 0.15) is 6.10 Å². The summed E-state index contributed by atoms with van der Waals surface area (Å²) >= 11 is 0. The van der Waals surface area contributed by atoms with E-state index in [9.17, 15) is 9.59 Å². The fourth-order valence-corrected chi connectivity index (χ4v) is 9.01. The van der Waals surface area contributed by atoms with E-state index in [2.05, 4.69) is 32.6 Å². The summed E-state index contributed by atoms with van der Waals surface area (Å²) in [6, 6.07) is 0. The molecule has 1 unspecified atom stereocenters. The molecule has 0 aromatic rings. The number of nitrogens with zero attached hydrogens (tertiary/aromatic N) is 1. The highest BCUT2D eigenvalue weighted by molar-refractivity contribution is 5.71. The van der Waals surface area contributed by atoms with Gasteiger partial charge in [0.15, 0.2) is 0 Å². The van der Waals surface area contributed by atoms with E-state index in [0.717, 1.165) is 57.5 Å². The molecule has 1 saturated heterocycles. The average Bonchev–Trinajstić information content (AvgIpc) is 3.19. The van der Waals surface area contributed by atoms with Gasteiger partial charge in [-0.15, -0.1) is 0 Å². The maximum Gasteiger partial charge on any atom is 0.320 e. The minimum Gasteiger partial charge on any atom is -0.466 e. The van der Waals surface area contributed by atoms with Crippen molar-refractivity contribution in [3.8, 4) is 0 Å². The summed E-state index contributed by atoms with van der Waals surface area (Å²) in [5, 5.41) is 0. The van der Waals surface area contributed by atoms with Crippen molar-refractivity contribution in [2.75, 3.05) is 26.2 Å². The maximum atomic E-state index is 12.9. The van der Waals surface area contributed by atoms with Crippen LogP contribution in [0, 0.1) is 11.8 Å². The topological polar surface area (TPSA) is 55.8 Å². The van der Waals surface area contributed by atoms with Gasteiger partial charge in [0.2, 0.25) is 0 Å². The lowest BCUT2D eigenvalue weighted by atomic mass is 9.90. The van der Waals surface area contributed by atoms with Gasteiger partial charge in [-0.25, -0.2) is 0 Å². The second-order valence-corrected chi connectivity index (χ2v) is 18.2. The molecule has 0 bridgehead atoms. The third kappa shape index (κ3) is 33.8. The summed E-state index contributed by atoms with van der Waals surface area (Å²) in [7, 11) is 0. The van der Waals surface area contributed by atoms with E-state index in [-0.39, 0.29) is 18.0 Å². The fourth-order valence-electron chi connectivity index (χ4n) is 9.01. The zero-order chi connectivity index (χ0) is 40.6. The van der Waals surface area contributed by atoms with Crippen molar-refractivity contribution in [2.45, 2.75) is 278 Å². The van der Waals surface area contributed by atoms with Crippen LogP contribution in [-0.2, 0) is 19.1 Å². The normalized spacial score (nSPS) is 14.2. The van der Waals surface area contributed by atoms with Gasteiger partial charge >= 0.3 is 11.9 Å². The van der Waals surface area contributed by atoms with Crippen LogP contribution in [0.15, 0.2) is 0 Å². The number of ether oxygens (including phenoxy) is 2. The van der Waals surface area contributed by atoms with Crippen LogP contribution in [0.4, 0.5) is 0 Å². The van der Waals surface area contributed by atoms with Gasteiger partial charge < -0.3 is 9.47 Å². The Morgan fingerprint density at radius 2 is 0.804 bits per heavy atom. The Bertz CT molecular complexity index is 822. The third-order valence-electron chi connectivity index (χ3n) is 12.8. The number of rotatable bonds is 42. The molecule has 1 aliphatic rings. The first-order valence-electron chi connectivity index (χ1n) is 25.6. The number of hydrogen-bond donors (Lipinski definition) is 0. The SMILES string of the molecule is CCCCCC(CCCCC)CCCCCCCCCCC(CCCCCCCCC(=O)OCCC(CCCCC)CCCCC)OC(=O)CN1CCCCC1. The van der Waals surface area contributed by atoms with Crippen LogP contribution >= 0.6 is 0 Å². The van der Waals surface area contributed by atoms with Gasteiger partial charge in [-0.2, -0.15) is 0 Å². The van der Waals surface area contributed by atoms with Crippen molar-refractivity contribution in [1.82, 2.24) is 4.90 Å². The molecule has 1 fully saturated rings. The lowest BCUT2D eigenvalue weighted by molar-refractivity contribution is -0.151. The Morgan fingerprint density at radius 3 is 1.25 bits per heavy atom. The van der Waals surface area contributed by atoms with Crippen molar-refractivity contribution in [1.29, 1.82) is 0 Å². The highest BCUT2D eigenvalue weighted by Crippen LogP contribution is 2.25. The monoisotopic (exact) mass is 790 g/mol. The molecule has 0 radical (unpaired) electrons. The second-order valence-electron chi connectivity index (χ2n) is 18.2. The Morgan fingerprint density at radius 1 is 0.429 bits per heavy atom. The molecule has 0 aromatic heterocycles. The van der Waals surface area contributed by atoms with Crippen LogP contribution in [0.2, 0.25) is 0 Å². The number of unbranched alkanes of at least 4 members (excludes halogenated alkanes) is 20. The number of hydrogen-bond acceptors (Lipinski definition) is 5. The molecule has 1 aliphatic heterocycles. The molecule has 332 valence electrons. The average molecular weight is 790 g/mol. The Labute approximate surface area is 350 Å². The highest BCUT2D eigenvalue weighted by Gasteiger charge is 2.19. The van der Waals surface area contributed by atoms with E-state index >= 15 is 0 Å². The van der Waals surface area contributed by atoms with Crippen LogP contribution in [-0.4, -0.2) is 49.2 Å². The summed E-state index contributed by atoms with van der Waals surface area (Å²) < 4.78 is 11.8. The minimum absolute atomic E-state index is 0.00485. The van der Waals surface area contributed by atoms with Crippen molar-refractivity contribution in [3.63, 3.8) is 0 Å². The lowest BCUT2D eigenvalue weighted by Gasteiger charge is -2.26. The fraction of sp³-hybridized carbons (Fsp3) is 0.961. The van der Waals surface area contributed by atoms with E-state index in [1.54, 1.807) is 0 Å². The smallest absolute Gasteiger partial charge is 0.320 e. The molecule has 5 heteroatoms. The van der Waals surface area contributed by atoms with Gasteiger partial charge in [-0.3, -0.25) is 14.5 Å². The number of likely N-dealkylation sites (tertiary alicyclic amines) is 1. The van der Waals surface area contributed by atoms with E-state index in [1.807, 2.05) is 0 Å². The van der Waals surface area contributed by atoms with Crippen LogP contribution in [0.5, 0.6) is 0 Å². The van der Waals surface area contributed by atoms with Gasteiger partial charge in [-0.05, 0) is 76.3 Å². The molecular formula is C51H99NO4. The summed E-state index contributed by atoms with van der Waals surface area (Å²) in [6.07, 6.45) is 47.9. The number of carbonyl (C=O) groups excluding carboxylic acids is 2. The summed E-state index contributed by atoms with van der Waals surface area (Å²) in [4.78, 5) is 27.6. The van der Waals surface area contributed by atoms with Gasteiger partial charge in [0, 0.05) is 6.42 Å². The van der Waals surface area contributed by atoms with Crippen LogP contribution in [0.25, 0.3) is 0 Å². The van der Waals surface area contributed by atoms with E-state index in [4.69, 9.17) is 9.47 Å². The van der Waals surface area contributed by atoms with Gasteiger partial charge in [0.25, 0.3) is 0 Å². The van der Waals surface area contributed by atoms with Gasteiger partial charge in [0.05, 0.1) is 13.2 Å². The minimum atomic E-state index is -0.00902. The molecule has 0 aliphatic carbocycles. The largest absolute Gasteiger partial charge is 0.466 e. The number of esters is 2. The van der Waals surface area contributed by atoms with E-state index in [1.165, 1.54) is 199 Å². The first kappa shape index (κ1) is 52.9. The quantitative estimate of drug-likeness (QED) is 0.0455. The predicted molar refractivity (Wildman–Crippen MR) is 242 cm³/mol. The molecule has 1 heterocycles. The standard InChI is InChI=1S/C51H99NO4/c1-5-9-24-34-47(35-25-10-6-2)38-28-19-15-13-14-16-20-29-39-49(56-51(54)46-52-43-32-23-33-44-52)40-30-21-17-18-22-31-41-50(53)55-45-42-48(36-26-11-7-3)37-27-12-8-4/h47-49H,5-46H2,1-4H3. The van der Waals surface area contributed by atoms with Crippen molar-refractivity contribution < 1.29 is 19.1 Å². The molecule has 1 atom stereocenters. The van der Waals surface area contributed by atoms with E-state index in [0.29, 0.717) is 25.5 Å². The lowest BCUT2D eigenvalue weighted by Crippen LogP contribution is -2.36. The molecule has 56 heavy (non-hydrogen) atoms. The van der Waals surface area contributed by atoms with Crippen LogP contribution in [0.3, 0.4) is 0 Å². The molecular weight excluding hydrogens is 691 g/mol. The first-order valence-corrected chi connectivity index (χ1v) is 25.6. The second kappa shape index (κ2) is 40.7. The van der Waals surface area contributed by atoms with Crippen molar-refractivity contribution in [3.05, 3.63) is 0 Å². The molecule has 0 N–H and O–H groups in total. The Balaban J connectivity index is 2.25. The van der Waals surface area contributed by atoms with Crippen molar-refractivity contribution in [2.24, 2.45) is 11.8 Å². The molecule has 0 spiro atoms. The Kier molecular flexibility index (Phi) is 38.4. The zero-order valence-electron chi connectivity index (χ0n) is 38.5. The first-order chi connectivity index (χ1) is 27.5. The third-order valence-corrected chi connectivity index (χ3v) is 12.8. The molecule has 0 aromatic carbocycles. The molecule has 1 rings (SSSR count). The number of carbonyl (C=O) groups is 2. The van der Waals surface area contributed by atoms with Crippen molar-refractivity contribution >= 4 is 11.9 Å². The highest BCUT2D eigenvalue weighted by atomic mass is 16.5. The number of piperidine rings is 1. The van der Waals surface area contributed by atoms with Crippen LogP contribution < -0.4 is 0 Å². The molecule has 0 amide bonds. The summed E-state index contributed by atoms with van der Waals surface area (Å²) in [5.41, 5.74) is 0. The maximum absolute atomic E-state index is 12.9. The summed E-state index contributed by atoms with van der Waals surface area (Å²) in [6.45, 7) is 12.3. The zero-order valence-corrected chi connectivity index (χ0v) is 38.5. The molecule has 5 nitrogen and oxygen atoms in total. The van der Waals surface area contributed by atoms with E-state index < -0.39 is 0 Å². The van der Waals surface area contributed by atoms with Gasteiger partial charge in [-0.1, -0.05) is 214 Å². The Hall–Kier alpha value is -1.10.